The molecular weight excluding hydrogens is 360 g/mol. The van der Waals surface area contributed by atoms with Crippen LogP contribution in [0.3, 0.4) is 0 Å². The highest BCUT2D eigenvalue weighted by molar-refractivity contribution is 6.73. The van der Waals surface area contributed by atoms with E-state index in [9.17, 15) is 0 Å². The molecule has 3 rings (SSSR count). The first-order valence-corrected chi connectivity index (χ1v) is 11.6. The molecule has 0 amide bonds. The third kappa shape index (κ3) is 3.88. The molecule has 27 heavy (non-hydrogen) atoms. The molecule has 6 heteroatoms. The second-order valence-electron chi connectivity index (χ2n) is 9.55. The van der Waals surface area contributed by atoms with E-state index in [0.717, 1.165) is 5.56 Å². The molecule has 5 nitrogen and oxygen atoms in total. The van der Waals surface area contributed by atoms with Crippen molar-refractivity contribution in [1.29, 1.82) is 0 Å². The van der Waals surface area contributed by atoms with E-state index in [-0.39, 0.29) is 28.4 Å². The van der Waals surface area contributed by atoms with Crippen LogP contribution >= 0.6 is 0 Å². The van der Waals surface area contributed by atoms with Gasteiger partial charge in [-0.2, -0.15) is 0 Å². The zero-order valence-corrected chi connectivity index (χ0v) is 18.7. The van der Waals surface area contributed by atoms with E-state index in [4.69, 9.17) is 23.1 Å². The molecule has 0 unspecified atom stereocenters. The maximum Gasteiger partial charge on any atom is 0.349 e. The summed E-state index contributed by atoms with van der Waals surface area (Å²) in [4.78, 5) is 0. The van der Waals surface area contributed by atoms with Crippen molar-refractivity contribution in [2.24, 2.45) is 0 Å². The van der Waals surface area contributed by atoms with Gasteiger partial charge < -0.3 is 23.1 Å². The van der Waals surface area contributed by atoms with Crippen molar-refractivity contribution in [3.05, 3.63) is 35.9 Å². The monoisotopic (exact) mass is 394 g/mol. The largest absolute Gasteiger partial charge is 0.391 e. The van der Waals surface area contributed by atoms with E-state index >= 15 is 0 Å². The van der Waals surface area contributed by atoms with Gasteiger partial charge in [-0.1, -0.05) is 71.9 Å². The lowest BCUT2D eigenvalue weighted by molar-refractivity contribution is -0.166. The van der Waals surface area contributed by atoms with Crippen LogP contribution in [0, 0.1) is 0 Å². The number of ether oxygens (including phenoxy) is 3. The molecule has 2 aliphatic rings. The predicted molar refractivity (Wildman–Crippen MR) is 107 cm³/mol. The number of methoxy groups -OCH3 is 1. The first-order chi connectivity index (χ1) is 12.6. The summed E-state index contributed by atoms with van der Waals surface area (Å²) in [7, 11) is -0.927. The molecule has 0 spiro atoms. The van der Waals surface area contributed by atoms with E-state index in [2.05, 4.69) is 53.7 Å². The normalized spacial score (nSPS) is 30.9. The molecule has 0 aliphatic carbocycles. The van der Waals surface area contributed by atoms with Crippen LogP contribution in [0.25, 0.3) is 0 Å². The maximum atomic E-state index is 6.85. The molecule has 152 valence electrons. The number of fused-ring (bicyclic) bond motifs is 1. The van der Waals surface area contributed by atoms with Crippen molar-refractivity contribution in [2.45, 2.75) is 82.8 Å². The van der Waals surface area contributed by atoms with Gasteiger partial charge in [-0.25, -0.2) is 0 Å². The summed E-state index contributed by atoms with van der Waals surface area (Å²) in [6.45, 7) is 14.3. The molecule has 2 heterocycles. The second kappa shape index (κ2) is 7.58. The van der Waals surface area contributed by atoms with Gasteiger partial charge in [0.05, 0.1) is 13.2 Å². The predicted octanol–water partition coefficient (Wildman–Crippen LogP) is 4.40. The lowest BCUT2D eigenvalue weighted by Gasteiger charge is -2.53. The number of hydrogen-bond acceptors (Lipinski definition) is 5. The van der Waals surface area contributed by atoms with Crippen molar-refractivity contribution < 1.29 is 23.1 Å². The van der Waals surface area contributed by atoms with E-state index < -0.39 is 14.9 Å². The summed E-state index contributed by atoms with van der Waals surface area (Å²) in [5, 5.41) is -0.156. The Balaban J connectivity index is 1.84. The molecule has 1 aromatic rings. The van der Waals surface area contributed by atoms with Gasteiger partial charge in [-0.15, -0.1) is 0 Å². The van der Waals surface area contributed by atoms with Gasteiger partial charge in [-0.3, -0.25) is 0 Å². The summed E-state index contributed by atoms with van der Waals surface area (Å²) >= 11 is 0. The average Bonchev–Trinajstić information content (AvgIpc) is 2.95. The summed E-state index contributed by atoms with van der Waals surface area (Å²) in [5.74, 6) is 0. The van der Waals surface area contributed by atoms with E-state index in [1.54, 1.807) is 7.11 Å². The van der Waals surface area contributed by atoms with Crippen molar-refractivity contribution in [3.63, 3.8) is 0 Å². The van der Waals surface area contributed by atoms with Gasteiger partial charge >= 0.3 is 8.56 Å². The lowest BCUT2D eigenvalue weighted by atomic mass is 10.1. The van der Waals surface area contributed by atoms with Crippen molar-refractivity contribution >= 4 is 8.56 Å². The fourth-order valence-electron chi connectivity index (χ4n) is 4.44. The fraction of sp³-hybridized carbons (Fsp3) is 0.714. The molecule has 0 radical (unpaired) electrons. The molecule has 4 atom stereocenters. The summed E-state index contributed by atoms with van der Waals surface area (Å²) < 4.78 is 31.2. The Morgan fingerprint density at radius 2 is 1.67 bits per heavy atom. The Bertz CT molecular complexity index is 608. The molecule has 0 saturated carbocycles. The Morgan fingerprint density at radius 1 is 1.04 bits per heavy atom. The van der Waals surface area contributed by atoms with Gasteiger partial charge in [0.1, 0.15) is 18.3 Å². The third-order valence-electron chi connectivity index (χ3n) is 5.51. The maximum absolute atomic E-state index is 6.85. The quantitative estimate of drug-likeness (QED) is 0.708. The Hall–Kier alpha value is -0.763. The number of rotatable bonds is 4. The van der Waals surface area contributed by atoms with Gasteiger partial charge in [0.25, 0.3) is 0 Å². The molecule has 2 aliphatic heterocycles. The summed E-state index contributed by atoms with van der Waals surface area (Å²) in [6, 6.07) is 10.2. The van der Waals surface area contributed by atoms with Crippen LogP contribution in [-0.2, 0) is 29.7 Å². The fourth-order valence-corrected chi connectivity index (χ4v) is 9.40. The average molecular weight is 395 g/mol. The van der Waals surface area contributed by atoms with Crippen molar-refractivity contribution in [1.82, 2.24) is 0 Å². The van der Waals surface area contributed by atoms with Gasteiger partial charge in [0.2, 0.25) is 0 Å². The highest BCUT2D eigenvalue weighted by Gasteiger charge is 2.65. The first kappa shape index (κ1) is 21.0. The standard InChI is InChI=1S/C21H34O5Si/c1-20(2,3)27(21(4,5)6)24-14-16-17(26-27)18(19(22-7)25-16)23-13-15-11-9-8-10-12-15/h8-12,16-19H,13-14H2,1-7H3/t16-,17-,18+,19-/m1/s1. The SMILES string of the molecule is CO[C@@H]1O[C@@H]2CO[Si](C(C)(C)C)(C(C)(C)C)O[C@H]2[C@@H]1OCc1ccccc1. The smallest absolute Gasteiger partial charge is 0.349 e. The minimum absolute atomic E-state index is 0.0780. The molecule has 2 saturated heterocycles. The topological polar surface area (TPSA) is 46.2 Å². The van der Waals surface area contributed by atoms with E-state index in [1.807, 2.05) is 18.2 Å². The zero-order valence-electron chi connectivity index (χ0n) is 17.7. The number of hydrogen-bond donors (Lipinski definition) is 0. The third-order valence-corrected chi connectivity index (χ3v) is 10.6. The Labute approximate surface area is 164 Å². The van der Waals surface area contributed by atoms with Crippen molar-refractivity contribution in [2.75, 3.05) is 13.7 Å². The molecular formula is C21H34O5Si. The van der Waals surface area contributed by atoms with Gasteiger partial charge in [0, 0.05) is 17.2 Å². The highest BCUT2D eigenvalue weighted by Crippen LogP contribution is 2.55. The summed E-state index contributed by atoms with van der Waals surface area (Å²) in [5.41, 5.74) is 1.12. The van der Waals surface area contributed by atoms with Crippen LogP contribution in [-0.4, -0.2) is 46.9 Å². The molecule has 0 bridgehead atoms. The van der Waals surface area contributed by atoms with Gasteiger partial charge in [-0.05, 0) is 5.56 Å². The molecule has 0 N–H and O–H groups in total. The zero-order chi connectivity index (χ0) is 19.9. The van der Waals surface area contributed by atoms with Crippen LogP contribution in [0.15, 0.2) is 30.3 Å². The van der Waals surface area contributed by atoms with E-state index in [1.165, 1.54) is 0 Å². The lowest BCUT2D eigenvalue weighted by Crippen LogP contribution is -2.65. The first-order valence-electron chi connectivity index (χ1n) is 9.74. The molecule has 2 fully saturated rings. The van der Waals surface area contributed by atoms with E-state index in [0.29, 0.717) is 13.2 Å². The summed E-state index contributed by atoms with van der Waals surface area (Å²) in [6.07, 6.45) is -1.07. The van der Waals surface area contributed by atoms with Crippen LogP contribution in [0.2, 0.25) is 10.1 Å². The molecule has 0 aromatic heterocycles. The second-order valence-corrected chi connectivity index (χ2v) is 14.3. The van der Waals surface area contributed by atoms with Crippen LogP contribution in [0.5, 0.6) is 0 Å². The van der Waals surface area contributed by atoms with Crippen LogP contribution in [0.1, 0.15) is 47.1 Å². The van der Waals surface area contributed by atoms with Gasteiger partial charge in [0.15, 0.2) is 6.29 Å². The van der Waals surface area contributed by atoms with Crippen molar-refractivity contribution in [3.8, 4) is 0 Å². The minimum atomic E-state index is -2.58. The Kier molecular flexibility index (Phi) is 5.88. The van der Waals surface area contributed by atoms with Crippen LogP contribution < -0.4 is 0 Å². The highest BCUT2D eigenvalue weighted by atomic mass is 28.4. The molecule has 1 aromatic carbocycles. The Morgan fingerprint density at radius 3 is 2.22 bits per heavy atom. The minimum Gasteiger partial charge on any atom is -0.391 e. The van der Waals surface area contributed by atoms with Crippen LogP contribution in [0.4, 0.5) is 0 Å². The number of benzene rings is 1.